The summed E-state index contributed by atoms with van der Waals surface area (Å²) in [6, 6.07) is 5.38. The molecule has 100 valence electrons. The predicted molar refractivity (Wildman–Crippen MR) is 71.6 cm³/mol. The van der Waals surface area contributed by atoms with Gasteiger partial charge in [-0.15, -0.1) is 10.2 Å². The van der Waals surface area contributed by atoms with Crippen molar-refractivity contribution in [3.05, 3.63) is 35.2 Å². The quantitative estimate of drug-likeness (QED) is 0.619. The van der Waals surface area contributed by atoms with Gasteiger partial charge < -0.3 is 9.15 Å². The fraction of sp³-hybridized carbons (Fsp3) is 0.308. The zero-order valence-corrected chi connectivity index (χ0v) is 11.8. The molecular weight excluding hydrogens is 264 g/mol. The molecule has 0 aliphatic rings. The lowest BCUT2D eigenvalue weighted by Crippen LogP contribution is -1.96. The molecule has 0 spiro atoms. The molecule has 6 heteroatoms. The first-order valence-corrected chi connectivity index (χ1v) is 6.69. The number of ketones is 1. The third kappa shape index (κ3) is 3.35. The maximum absolute atomic E-state index is 11.4. The second-order valence-corrected chi connectivity index (χ2v) is 4.89. The van der Waals surface area contributed by atoms with Gasteiger partial charge >= 0.3 is 0 Å². The molecule has 0 saturated carbocycles. The fourth-order valence-corrected chi connectivity index (χ4v) is 2.37. The molecule has 2 rings (SSSR count). The first-order valence-electron chi connectivity index (χ1n) is 5.71. The minimum atomic E-state index is 0.0301. The maximum atomic E-state index is 11.4. The highest BCUT2D eigenvalue weighted by molar-refractivity contribution is 7.98. The van der Waals surface area contributed by atoms with Crippen molar-refractivity contribution in [1.82, 2.24) is 10.2 Å². The van der Waals surface area contributed by atoms with Gasteiger partial charge in [0.2, 0.25) is 5.89 Å². The van der Waals surface area contributed by atoms with Crippen molar-refractivity contribution in [3.63, 3.8) is 0 Å². The number of hydrogen-bond donors (Lipinski definition) is 0. The Labute approximate surface area is 115 Å². The lowest BCUT2D eigenvalue weighted by atomic mass is 10.1. The number of aromatic nitrogens is 2. The molecule has 1 aromatic carbocycles. The molecule has 0 bridgehead atoms. The lowest BCUT2D eigenvalue weighted by molar-refractivity contribution is 0.101. The first-order chi connectivity index (χ1) is 9.10. The number of thioether (sulfide) groups is 1. The van der Waals surface area contributed by atoms with Gasteiger partial charge in [-0.25, -0.2) is 0 Å². The van der Waals surface area contributed by atoms with Crippen LogP contribution in [-0.2, 0) is 5.75 Å². The Bertz CT molecular complexity index is 595. The number of carbonyl (C=O) groups excluding carboxylic acids is 1. The summed E-state index contributed by atoms with van der Waals surface area (Å²) in [7, 11) is 1.60. The van der Waals surface area contributed by atoms with E-state index in [4.69, 9.17) is 9.15 Å². The van der Waals surface area contributed by atoms with E-state index in [2.05, 4.69) is 10.2 Å². The Morgan fingerprint density at radius 3 is 2.79 bits per heavy atom. The third-order valence-electron chi connectivity index (χ3n) is 2.55. The van der Waals surface area contributed by atoms with Gasteiger partial charge in [0, 0.05) is 23.8 Å². The van der Waals surface area contributed by atoms with Crippen LogP contribution in [0.4, 0.5) is 0 Å². The van der Waals surface area contributed by atoms with Crippen LogP contribution in [0.5, 0.6) is 5.75 Å². The molecule has 1 heterocycles. The molecule has 19 heavy (non-hydrogen) atoms. The number of benzene rings is 1. The zero-order valence-electron chi connectivity index (χ0n) is 11.0. The Morgan fingerprint density at radius 2 is 2.21 bits per heavy atom. The standard InChI is InChI=1S/C13H14N2O3S/c1-8(16)10-4-5-12(17-3)11(6-10)7-19-13-15-14-9(2)18-13/h4-6H,7H2,1-3H3. The van der Waals surface area contributed by atoms with Crippen molar-refractivity contribution in [2.75, 3.05) is 7.11 Å². The number of rotatable bonds is 5. The van der Waals surface area contributed by atoms with E-state index in [-0.39, 0.29) is 5.78 Å². The average Bonchev–Trinajstić information content (AvgIpc) is 2.81. The van der Waals surface area contributed by atoms with E-state index in [9.17, 15) is 4.79 Å². The van der Waals surface area contributed by atoms with Gasteiger partial charge in [0.1, 0.15) is 5.75 Å². The van der Waals surface area contributed by atoms with Crippen LogP contribution in [-0.4, -0.2) is 23.1 Å². The molecule has 0 saturated heterocycles. The number of methoxy groups -OCH3 is 1. The molecule has 0 radical (unpaired) electrons. The number of Topliss-reactive ketones (excluding diaryl/α,β-unsaturated/α-hetero) is 1. The largest absolute Gasteiger partial charge is 0.496 e. The van der Waals surface area contributed by atoms with Gasteiger partial charge in [0.25, 0.3) is 5.22 Å². The van der Waals surface area contributed by atoms with Gasteiger partial charge in [-0.3, -0.25) is 4.79 Å². The summed E-state index contributed by atoms with van der Waals surface area (Å²) in [5.74, 6) is 1.91. The molecule has 2 aromatic rings. The monoisotopic (exact) mass is 278 g/mol. The number of nitrogens with zero attached hydrogens (tertiary/aromatic N) is 2. The first kappa shape index (κ1) is 13.6. The summed E-state index contributed by atoms with van der Waals surface area (Å²) in [5, 5.41) is 8.18. The van der Waals surface area contributed by atoms with Crippen LogP contribution in [0.1, 0.15) is 28.7 Å². The number of hydrogen-bond acceptors (Lipinski definition) is 6. The SMILES string of the molecule is COc1ccc(C(C)=O)cc1CSc1nnc(C)o1. The molecule has 1 aromatic heterocycles. The van der Waals surface area contributed by atoms with Crippen molar-refractivity contribution in [3.8, 4) is 5.75 Å². The van der Waals surface area contributed by atoms with Crippen molar-refractivity contribution in [1.29, 1.82) is 0 Å². The molecule has 0 aliphatic heterocycles. The van der Waals surface area contributed by atoms with Crippen LogP contribution in [0.15, 0.2) is 27.8 Å². The van der Waals surface area contributed by atoms with Crippen molar-refractivity contribution >= 4 is 17.5 Å². The summed E-state index contributed by atoms with van der Waals surface area (Å²) < 4.78 is 10.6. The van der Waals surface area contributed by atoms with Crippen LogP contribution in [0.25, 0.3) is 0 Å². The van der Waals surface area contributed by atoms with Gasteiger partial charge in [-0.1, -0.05) is 11.8 Å². The summed E-state index contributed by atoms with van der Waals surface area (Å²) in [5.41, 5.74) is 1.59. The minimum Gasteiger partial charge on any atom is -0.496 e. The van der Waals surface area contributed by atoms with Crippen LogP contribution >= 0.6 is 11.8 Å². The topological polar surface area (TPSA) is 65.2 Å². The van der Waals surface area contributed by atoms with Crippen molar-refractivity contribution in [2.24, 2.45) is 0 Å². The normalized spacial score (nSPS) is 10.5. The van der Waals surface area contributed by atoms with Gasteiger partial charge in [0.05, 0.1) is 7.11 Å². The number of carbonyl (C=O) groups is 1. The Morgan fingerprint density at radius 1 is 1.42 bits per heavy atom. The highest BCUT2D eigenvalue weighted by Crippen LogP contribution is 2.28. The molecule has 0 unspecified atom stereocenters. The van der Waals surface area contributed by atoms with E-state index in [0.717, 1.165) is 11.3 Å². The van der Waals surface area contributed by atoms with Gasteiger partial charge in [-0.05, 0) is 25.1 Å². The van der Waals surface area contributed by atoms with Crippen LogP contribution in [0, 0.1) is 6.92 Å². The van der Waals surface area contributed by atoms with E-state index in [1.165, 1.54) is 11.8 Å². The summed E-state index contributed by atoms with van der Waals surface area (Å²) in [4.78, 5) is 11.4. The fourth-order valence-electron chi connectivity index (χ4n) is 1.59. The summed E-state index contributed by atoms with van der Waals surface area (Å²) in [6.07, 6.45) is 0. The average molecular weight is 278 g/mol. The van der Waals surface area contributed by atoms with E-state index in [1.807, 2.05) is 6.07 Å². The van der Waals surface area contributed by atoms with Gasteiger partial charge in [0.15, 0.2) is 5.78 Å². The lowest BCUT2D eigenvalue weighted by Gasteiger charge is -2.08. The van der Waals surface area contributed by atoms with E-state index < -0.39 is 0 Å². The third-order valence-corrected chi connectivity index (χ3v) is 3.41. The van der Waals surface area contributed by atoms with Gasteiger partial charge in [-0.2, -0.15) is 0 Å². The summed E-state index contributed by atoms with van der Waals surface area (Å²) >= 11 is 1.41. The van der Waals surface area contributed by atoms with E-state index >= 15 is 0 Å². The number of ether oxygens (including phenoxy) is 1. The molecule has 0 N–H and O–H groups in total. The van der Waals surface area contributed by atoms with Crippen LogP contribution < -0.4 is 4.74 Å². The highest BCUT2D eigenvalue weighted by Gasteiger charge is 2.10. The van der Waals surface area contributed by atoms with Crippen molar-refractivity contribution in [2.45, 2.75) is 24.8 Å². The molecule has 0 aliphatic carbocycles. The summed E-state index contributed by atoms with van der Waals surface area (Å²) in [6.45, 7) is 3.29. The van der Waals surface area contributed by atoms with E-state index in [0.29, 0.717) is 22.4 Å². The zero-order chi connectivity index (χ0) is 13.8. The molecule has 5 nitrogen and oxygen atoms in total. The molecule has 0 fully saturated rings. The Balaban J connectivity index is 2.17. The second-order valence-electron chi connectivity index (χ2n) is 3.96. The Hall–Kier alpha value is -1.82. The smallest absolute Gasteiger partial charge is 0.276 e. The Kier molecular flexibility index (Phi) is 4.21. The van der Waals surface area contributed by atoms with Crippen LogP contribution in [0.2, 0.25) is 0 Å². The minimum absolute atomic E-state index is 0.0301. The highest BCUT2D eigenvalue weighted by atomic mass is 32.2. The number of aryl methyl sites for hydroxylation is 1. The molecule has 0 amide bonds. The van der Waals surface area contributed by atoms with E-state index in [1.54, 1.807) is 33.1 Å². The maximum Gasteiger partial charge on any atom is 0.276 e. The predicted octanol–water partition coefficient (Wildman–Crippen LogP) is 2.88. The molecule has 0 atom stereocenters. The van der Waals surface area contributed by atoms with Crippen LogP contribution in [0.3, 0.4) is 0 Å². The van der Waals surface area contributed by atoms with Crippen molar-refractivity contribution < 1.29 is 13.9 Å². The second kappa shape index (κ2) is 5.88. The molecular formula is C13H14N2O3S.